The molecule has 0 amide bonds. The number of aliphatic hydroxyl groups excluding tert-OH is 1. The topological polar surface area (TPSA) is 67.3 Å². The lowest BCUT2D eigenvalue weighted by Gasteiger charge is -2.10. The molecule has 0 saturated heterocycles. The van der Waals surface area contributed by atoms with E-state index < -0.39 is 0 Å². The van der Waals surface area contributed by atoms with E-state index in [-0.39, 0.29) is 6.61 Å². The molecule has 0 saturated carbocycles. The Bertz CT molecular complexity index is 336. The van der Waals surface area contributed by atoms with Crippen molar-refractivity contribution in [2.45, 2.75) is 25.1 Å². The van der Waals surface area contributed by atoms with Crippen LogP contribution in [0.5, 0.6) is 0 Å². The Morgan fingerprint density at radius 2 is 2.35 bits per heavy atom. The van der Waals surface area contributed by atoms with Crippen molar-refractivity contribution in [2.24, 2.45) is 0 Å². The number of hydrogen-bond donors (Lipinski definition) is 2. The first kappa shape index (κ1) is 14.2. The van der Waals surface area contributed by atoms with E-state index in [0.717, 1.165) is 31.7 Å². The highest BCUT2D eigenvalue weighted by Gasteiger charge is 2.05. The Hall–Kier alpha value is -0.850. The third-order valence-corrected chi connectivity index (χ3v) is 2.72. The van der Waals surface area contributed by atoms with Crippen LogP contribution in [0.2, 0.25) is 0 Å². The van der Waals surface area contributed by atoms with Crippen LogP contribution in [-0.4, -0.2) is 41.1 Å². The lowest BCUT2D eigenvalue weighted by atomic mass is 10.3. The van der Waals surface area contributed by atoms with Gasteiger partial charge in [0.15, 0.2) is 5.16 Å². The maximum absolute atomic E-state index is 9.17. The third kappa shape index (κ3) is 4.89. The molecule has 2 N–H and O–H groups in total. The summed E-state index contributed by atoms with van der Waals surface area (Å²) in [4.78, 5) is 8.43. The average Bonchev–Trinajstić information content (AvgIpc) is 2.38. The van der Waals surface area contributed by atoms with E-state index in [1.807, 2.05) is 13.2 Å². The van der Waals surface area contributed by atoms with Crippen molar-refractivity contribution in [3.05, 3.63) is 11.8 Å². The number of anilines is 1. The summed E-state index contributed by atoms with van der Waals surface area (Å²) in [5.74, 6) is 0.711. The van der Waals surface area contributed by atoms with Crippen LogP contribution >= 0.6 is 11.8 Å². The van der Waals surface area contributed by atoms with Gasteiger partial charge in [0, 0.05) is 31.5 Å². The Labute approximate surface area is 106 Å². The Balaban J connectivity index is 2.49. The van der Waals surface area contributed by atoms with Gasteiger partial charge >= 0.3 is 0 Å². The van der Waals surface area contributed by atoms with Crippen molar-refractivity contribution in [2.75, 3.05) is 31.3 Å². The predicted octanol–water partition coefficient (Wildman–Crippen LogP) is 1.53. The number of thioether (sulfide) groups is 1. The third-order valence-electron chi connectivity index (χ3n) is 2.16. The van der Waals surface area contributed by atoms with Crippen LogP contribution in [0.1, 0.15) is 18.9 Å². The molecule has 0 aliphatic heterocycles. The van der Waals surface area contributed by atoms with Gasteiger partial charge in [0.25, 0.3) is 0 Å². The molecule has 6 heteroatoms. The van der Waals surface area contributed by atoms with Crippen LogP contribution in [0, 0.1) is 0 Å². The molecule has 1 aromatic heterocycles. The molecule has 17 heavy (non-hydrogen) atoms. The normalized spacial score (nSPS) is 10.5. The lowest BCUT2D eigenvalue weighted by molar-refractivity contribution is 0.147. The molecule has 1 rings (SSSR count). The van der Waals surface area contributed by atoms with Crippen molar-refractivity contribution in [3.8, 4) is 0 Å². The molecule has 0 radical (unpaired) electrons. The highest BCUT2D eigenvalue weighted by Crippen LogP contribution is 2.16. The molecule has 0 bridgehead atoms. The molecule has 0 unspecified atom stereocenters. The van der Waals surface area contributed by atoms with E-state index in [2.05, 4.69) is 15.3 Å². The fraction of sp³-hybridized carbons (Fsp3) is 0.636. The molecular weight excluding hydrogens is 238 g/mol. The van der Waals surface area contributed by atoms with Crippen LogP contribution in [0.3, 0.4) is 0 Å². The average molecular weight is 257 g/mol. The Morgan fingerprint density at radius 1 is 1.53 bits per heavy atom. The molecule has 0 aromatic carbocycles. The van der Waals surface area contributed by atoms with Gasteiger partial charge in [0.1, 0.15) is 5.82 Å². The largest absolute Gasteiger partial charge is 0.391 e. The first-order chi connectivity index (χ1) is 8.31. The van der Waals surface area contributed by atoms with Gasteiger partial charge in [-0.1, -0.05) is 11.8 Å². The summed E-state index contributed by atoms with van der Waals surface area (Å²) >= 11 is 1.48. The zero-order chi connectivity index (χ0) is 12.5. The van der Waals surface area contributed by atoms with Crippen LogP contribution < -0.4 is 5.32 Å². The van der Waals surface area contributed by atoms with Gasteiger partial charge < -0.3 is 15.2 Å². The van der Waals surface area contributed by atoms with Crippen LogP contribution in [0.25, 0.3) is 0 Å². The summed E-state index contributed by atoms with van der Waals surface area (Å²) in [6, 6.07) is 0. The molecule has 0 fully saturated rings. The number of nitrogens with one attached hydrogen (secondary N) is 1. The summed E-state index contributed by atoms with van der Waals surface area (Å²) < 4.78 is 5.25. The SMILES string of the molecule is CCOCCCNc1nc(SC)ncc1CO. The monoisotopic (exact) mass is 257 g/mol. The zero-order valence-electron chi connectivity index (χ0n) is 10.3. The van der Waals surface area contributed by atoms with Crippen molar-refractivity contribution in [3.63, 3.8) is 0 Å². The second kappa shape index (κ2) is 8.27. The van der Waals surface area contributed by atoms with Gasteiger partial charge in [0.2, 0.25) is 0 Å². The predicted molar refractivity (Wildman–Crippen MR) is 69.3 cm³/mol. The highest BCUT2D eigenvalue weighted by atomic mass is 32.2. The molecular formula is C11H19N3O2S. The molecule has 0 atom stereocenters. The molecule has 0 spiro atoms. The summed E-state index contributed by atoms with van der Waals surface area (Å²) in [5, 5.41) is 13.1. The number of nitrogens with zero attached hydrogens (tertiary/aromatic N) is 2. The van der Waals surface area contributed by atoms with Crippen LogP contribution in [0.15, 0.2) is 11.4 Å². The fourth-order valence-corrected chi connectivity index (χ4v) is 1.62. The van der Waals surface area contributed by atoms with E-state index in [0.29, 0.717) is 11.0 Å². The minimum Gasteiger partial charge on any atom is -0.391 e. The number of ether oxygens (including phenoxy) is 1. The molecule has 96 valence electrons. The van der Waals surface area contributed by atoms with Gasteiger partial charge in [-0.3, -0.25) is 0 Å². The lowest BCUT2D eigenvalue weighted by Crippen LogP contribution is -2.10. The molecule has 0 aliphatic carbocycles. The Kier molecular flexibility index (Phi) is 6.91. The summed E-state index contributed by atoms with van der Waals surface area (Å²) in [6.07, 6.45) is 4.49. The maximum atomic E-state index is 9.17. The summed E-state index contributed by atoms with van der Waals surface area (Å²) in [7, 11) is 0. The molecule has 1 heterocycles. The van der Waals surface area contributed by atoms with Crippen molar-refractivity contribution in [1.82, 2.24) is 9.97 Å². The van der Waals surface area contributed by atoms with Crippen LogP contribution in [0.4, 0.5) is 5.82 Å². The number of aliphatic hydroxyl groups is 1. The van der Waals surface area contributed by atoms with Gasteiger partial charge in [-0.05, 0) is 19.6 Å². The summed E-state index contributed by atoms with van der Waals surface area (Å²) in [6.45, 7) is 4.18. The number of hydrogen-bond acceptors (Lipinski definition) is 6. The summed E-state index contributed by atoms with van der Waals surface area (Å²) in [5.41, 5.74) is 0.721. The van der Waals surface area contributed by atoms with E-state index in [1.54, 1.807) is 6.20 Å². The molecule has 0 aliphatic rings. The first-order valence-electron chi connectivity index (χ1n) is 5.64. The zero-order valence-corrected chi connectivity index (χ0v) is 11.1. The smallest absolute Gasteiger partial charge is 0.189 e. The highest BCUT2D eigenvalue weighted by molar-refractivity contribution is 7.98. The van der Waals surface area contributed by atoms with Crippen molar-refractivity contribution >= 4 is 17.6 Å². The van der Waals surface area contributed by atoms with Gasteiger partial charge in [-0.25, -0.2) is 9.97 Å². The Morgan fingerprint density at radius 3 is 3.00 bits per heavy atom. The van der Waals surface area contributed by atoms with E-state index in [9.17, 15) is 5.11 Å². The fourth-order valence-electron chi connectivity index (χ4n) is 1.28. The van der Waals surface area contributed by atoms with E-state index in [4.69, 9.17) is 4.74 Å². The quantitative estimate of drug-likeness (QED) is 0.418. The number of rotatable bonds is 8. The van der Waals surface area contributed by atoms with Crippen LogP contribution in [-0.2, 0) is 11.3 Å². The van der Waals surface area contributed by atoms with Gasteiger partial charge in [0.05, 0.1) is 6.61 Å². The van der Waals surface area contributed by atoms with Gasteiger partial charge in [-0.2, -0.15) is 0 Å². The first-order valence-corrected chi connectivity index (χ1v) is 6.86. The van der Waals surface area contributed by atoms with Crippen molar-refractivity contribution in [1.29, 1.82) is 0 Å². The molecule has 5 nitrogen and oxygen atoms in total. The minimum atomic E-state index is -0.0531. The number of aromatic nitrogens is 2. The second-order valence-electron chi connectivity index (χ2n) is 3.37. The standard InChI is InChI=1S/C11H19N3O2S/c1-3-16-6-4-5-12-10-9(8-15)7-13-11(14-10)17-2/h7,15H,3-6,8H2,1-2H3,(H,12,13,14). The van der Waals surface area contributed by atoms with Crippen molar-refractivity contribution < 1.29 is 9.84 Å². The van der Waals surface area contributed by atoms with Gasteiger partial charge in [-0.15, -0.1) is 0 Å². The maximum Gasteiger partial charge on any atom is 0.189 e. The minimum absolute atomic E-state index is 0.0531. The van der Waals surface area contributed by atoms with E-state index >= 15 is 0 Å². The van der Waals surface area contributed by atoms with E-state index in [1.165, 1.54) is 11.8 Å². The second-order valence-corrected chi connectivity index (χ2v) is 4.14. The molecule has 1 aromatic rings.